The van der Waals surface area contributed by atoms with Crippen LogP contribution in [-0.2, 0) is 9.53 Å². The van der Waals surface area contributed by atoms with Crippen LogP contribution in [-0.4, -0.2) is 31.2 Å². The summed E-state index contributed by atoms with van der Waals surface area (Å²) in [4.78, 5) is 10.7. The Kier molecular flexibility index (Phi) is 3.02. The lowest BCUT2D eigenvalue weighted by Crippen LogP contribution is -2.31. The van der Waals surface area contributed by atoms with Crippen molar-refractivity contribution in [2.45, 2.75) is 19.3 Å². The molecule has 1 N–H and O–H groups in total. The Balaban J connectivity index is 2.49. The smallest absolute Gasteiger partial charge is 0.126 e. The fourth-order valence-electron chi connectivity index (χ4n) is 1.43. The molecule has 0 radical (unpaired) electrons. The lowest BCUT2D eigenvalue weighted by Gasteiger charge is -2.31. The van der Waals surface area contributed by atoms with Gasteiger partial charge in [0.2, 0.25) is 0 Å². The standard InChI is InChI=1S/C8H14O3/c9-4-1-8(7-10)2-5-11-6-3-8/h7,9H,1-6H2. The molecule has 1 saturated heterocycles. The van der Waals surface area contributed by atoms with Crippen molar-refractivity contribution in [1.29, 1.82) is 0 Å². The van der Waals surface area contributed by atoms with Crippen molar-refractivity contribution in [2.24, 2.45) is 5.41 Å². The number of aliphatic hydroxyl groups is 1. The van der Waals surface area contributed by atoms with E-state index in [1.54, 1.807) is 0 Å². The summed E-state index contributed by atoms with van der Waals surface area (Å²) in [5.41, 5.74) is -0.285. The van der Waals surface area contributed by atoms with E-state index in [-0.39, 0.29) is 12.0 Å². The van der Waals surface area contributed by atoms with Gasteiger partial charge in [0, 0.05) is 25.2 Å². The molecule has 0 spiro atoms. The van der Waals surface area contributed by atoms with Crippen LogP contribution >= 0.6 is 0 Å². The van der Waals surface area contributed by atoms with E-state index in [0.29, 0.717) is 19.6 Å². The van der Waals surface area contributed by atoms with Gasteiger partial charge in [-0.3, -0.25) is 0 Å². The normalized spacial score (nSPS) is 23.0. The predicted molar refractivity (Wildman–Crippen MR) is 40.3 cm³/mol. The number of rotatable bonds is 3. The highest BCUT2D eigenvalue weighted by Gasteiger charge is 2.31. The second kappa shape index (κ2) is 3.83. The van der Waals surface area contributed by atoms with Gasteiger partial charge >= 0.3 is 0 Å². The highest BCUT2D eigenvalue weighted by molar-refractivity contribution is 5.59. The first kappa shape index (κ1) is 8.68. The summed E-state index contributed by atoms with van der Waals surface area (Å²) < 4.78 is 5.13. The number of ether oxygens (including phenoxy) is 1. The molecule has 3 heteroatoms. The monoisotopic (exact) mass is 158 g/mol. The summed E-state index contributed by atoms with van der Waals surface area (Å²) in [6.45, 7) is 1.40. The second-order valence-electron chi connectivity index (χ2n) is 3.07. The molecule has 1 fully saturated rings. The van der Waals surface area contributed by atoms with Gasteiger partial charge in [-0.15, -0.1) is 0 Å². The number of carbonyl (C=O) groups excluding carboxylic acids is 1. The molecule has 3 nitrogen and oxygen atoms in total. The molecule has 1 heterocycles. The minimum Gasteiger partial charge on any atom is -0.396 e. The minimum absolute atomic E-state index is 0.0960. The van der Waals surface area contributed by atoms with Gasteiger partial charge < -0.3 is 14.6 Å². The molecule has 0 bridgehead atoms. The first-order valence-corrected chi connectivity index (χ1v) is 3.98. The van der Waals surface area contributed by atoms with E-state index in [9.17, 15) is 4.79 Å². The maximum absolute atomic E-state index is 10.7. The molecule has 64 valence electrons. The number of aliphatic hydroxyl groups excluding tert-OH is 1. The molecular formula is C8H14O3. The van der Waals surface area contributed by atoms with E-state index >= 15 is 0 Å². The van der Waals surface area contributed by atoms with Crippen molar-refractivity contribution in [1.82, 2.24) is 0 Å². The average molecular weight is 158 g/mol. The highest BCUT2D eigenvalue weighted by Crippen LogP contribution is 2.31. The van der Waals surface area contributed by atoms with Crippen LogP contribution in [0.2, 0.25) is 0 Å². The Labute approximate surface area is 66.4 Å². The highest BCUT2D eigenvalue weighted by atomic mass is 16.5. The van der Waals surface area contributed by atoms with Crippen molar-refractivity contribution in [3.63, 3.8) is 0 Å². The Morgan fingerprint density at radius 2 is 2.09 bits per heavy atom. The van der Waals surface area contributed by atoms with E-state index in [2.05, 4.69) is 0 Å². The maximum atomic E-state index is 10.7. The summed E-state index contributed by atoms with van der Waals surface area (Å²) in [5, 5.41) is 8.72. The number of aldehydes is 1. The van der Waals surface area contributed by atoms with E-state index in [1.165, 1.54) is 0 Å². The van der Waals surface area contributed by atoms with Crippen LogP contribution < -0.4 is 0 Å². The molecule has 0 aromatic carbocycles. The van der Waals surface area contributed by atoms with Crippen LogP contribution in [0.3, 0.4) is 0 Å². The third-order valence-corrected chi connectivity index (χ3v) is 2.35. The Bertz CT molecular complexity index is 122. The van der Waals surface area contributed by atoms with Gasteiger partial charge in [0.05, 0.1) is 0 Å². The second-order valence-corrected chi connectivity index (χ2v) is 3.07. The van der Waals surface area contributed by atoms with Crippen LogP contribution in [0.25, 0.3) is 0 Å². The molecule has 0 saturated carbocycles. The molecule has 1 aliphatic heterocycles. The molecule has 0 aromatic rings. The maximum Gasteiger partial charge on any atom is 0.126 e. The molecule has 1 rings (SSSR count). The molecular weight excluding hydrogens is 144 g/mol. The Morgan fingerprint density at radius 3 is 2.55 bits per heavy atom. The molecule has 0 atom stereocenters. The molecule has 0 aromatic heterocycles. The largest absolute Gasteiger partial charge is 0.396 e. The number of hydrogen-bond acceptors (Lipinski definition) is 3. The fourth-order valence-corrected chi connectivity index (χ4v) is 1.43. The lowest BCUT2D eigenvalue weighted by atomic mass is 9.79. The van der Waals surface area contributed by atoms with Crippen molar-refractivity contribution < 1.29 is 14.6 Å². The average Bonchev–Trinajstić information content (AvgIpc) is 2.07. The first-order valence-electron chi connectivity index (χ1n) is 3.98. The zero-order valence-electron chi connectivity index (χ0n) is 6.58. The lowest BCUT2D eigenvalue weighted by molar-refractivity contribution is -0.122. The first-order chi connectivity index (χ1) is 5.33. The van der Waals surface area contributed by atoms with Gasteiger partial charge in [-0.05, 0) is 19.3 Å². The van der Waals surface area contributed by atoms with Crippen molar-refractivity contribution >= 4 is 6.29 Å². The predicted octanol–water partition coefficient (Wildman–Crippen LogP) is 0.365. The van der Waals surface area contributed by atoms with E-state index < -0.39 is 0 Å². The van der Waals surface area contributed by atoms with Gasteiger partial charge in [0.15, 0.2) is 0 Å². The number of hydrogen-bond donors (Lipinski definition) is 1. The van der Waals surface area contributed by atoms with Crippen LogP contribution in [0.5, 0.6) is 0 Å². The Hall–Kier alpha value is -0.410. The molecule has 11 heavy (non-hydrogen) atoms. The Morgan fingerprint density at radius 1 is 1.45 bits per heavy atom. The van der Waals surface area contributed by atoms with E-state index in [0.717, 1.165) is 19.1 Å². The van der Waals surface area contributed by atoms with Gasteiger partial charge in [0.1, 0.15) is 6.29 Å². The van der Waals surface area contributed by atoms with E-state index in [1.807, 2.05) is 0 Å². The minimum atomic E-state index is -0.285. The van der Waals surface area contributed by atoms with E-state index in [4.69, 9.17) is 9.84 Å². The van der Waals surface area contributed by atoms with Crippen molar-refractivity contribution in [3.8, 4) is 0 Å². The zero-order chi connectivity index (χ0) is 8.16. The quantitative estimate of drug-likeness (QED) is 0.603. The molecule has 0 aliphatic carbocycles. The van der Waals surface area contributed by atoms with Crippen molar-refractivity contribution in [2.75, 3.05) is 19.8 Å². The zero-order valence-corrected chi connectivity index (χ0v) is 6.58. The summed E-state index contributed by atoms with van der Waals surface area (Å²) in [6.07, 6.45) is 3.08. The van der Waals surface area contributed by atoms with Gasteiger partial charge in [0.25, 0.3) is 0 Å². The van der Waals surface area contributed by atoms with Crippen LogP contribution in [0.15, 0.2) is 0 Å². The summed E-state index contributed by atoms with van der Waals surface area (Å²) in [6, 6.07) is 0. The van der Waals surface area contributed by atoms with Gasteiger partial charge in [-0.25, -0.2) is 0 Å². The SMILES string of the molecule is O=CC1(CCO)CCOCC1. The molecule has 0 amide bonds. The van der Waals surface area contributed by atoms with Gasteiger partial charge in [-0.1, -0.05) is 0 Å². The summed E-state index contributed by atoms with van der Waals surface area (Å²) in [7, 11) is 0. The number of carbonyl (C=O) groups is 1. The van der Waals surface area contributed by atoms with Crippen LogP contribution in [0, 0.1) is 5.41 Å². The summed E-state index contributed by atoms with van der Waals surface area (Å²) in [5.74, 6) is 0. The van der Waals surface area contributed by atoms with Crippen LogP contribution in [0.1, 0.15) is 19.3 Å². The third kappa shape index (κ3) is 2.01. The molecule has 0 unspecified atom stereocenters. The fraction of sp³-hybridized carbons (Fsp3) is 0.875. The third-order valence-electron chi connectivity index (χ3n) is 2.35. The summed E-state index contributed by atoms with van der Waals surface area (Å²) >= 11 is 0. The topological polar surface area (TPSA) is 46.5 Å². The van der Waals surface area contributed by atoms with Gasteiger partial charge in [-0.2, -0.15) is 0 Å². The molecule has 1 aliphatic rings. The van der Waals surface area contributed by atoms with Crippen molar-refractivity contribution in [3.05, 3.63) is 0 Å². The van der Waals surface area contributed by atoms with Crippen LogP contribution in [0.4, 0.5) is 0 Å².